The first-order chi connectivity index (χ1) is 23.0. The Balaban J connectivity index is 0.000000266. The lowest BCUT2D eigenvalue weighted by atomic mass is 10.1. The van der Waals surface area contributed by atoms with E-state index in [9.17, 15) is 22.0 Å². The number of nitrogens with zero attached hydrogens (tertiary/aromatic N) is 6. The summed E-state index contributed by atoms with van der Waals surface area (Å²) in [5.41, 5.74) is 23.8. The number of aliphatic imine (C=N–C) groups is 4. The van der Waals surface area contributed by atoms with Crippen LogP contribution in [-0.4, -0.2) is 98.8 Å². The number of likely N-dealkylation sites (tertiary alicyclic amines) is 2. The van der Waals surface area contributed by atoms with Crippen LogP contribution in [-0.2, 0) is 0 Å². The molecule has 0 radical (unpaired) electrons. The summed E-state index contributed by atoms with van der Waals surface area (Å²) in [4.78, 5) is 19.1. The lowest BCUT2D eigenvalue weighted by Crippen LogP contribution is -2.43. The van der Waals surface area contributed by atoms with Crippen LogP contribution in [0.2, 0.25) is 0 Å². The molecule has 2 fully saturated rings. The van der Waals surface area contributed by atoms with Crippen molar-refractivity contribution in [2.24, 2.45) is 42.9 Å². The van der Waals surface area contributed by atoms with Gasteiger partial charge in [0.15, 0.2) is 23.4 Å². The maximum Gasteiger partial charge on any atom is 0.573 e. The second-order valence-corrected chi connectivity index (χ2v) is 11.1. The van der Waals surface area contributed by atoms with Gasteiger partial charge in [0, 0.05) is 43.6 Å². The third-order valence-electron chi connectivity index (χ3n) is 6.91. The fourth-order valence-corrected chi connectivity index (χ4v) is 4.75. The number of nitrogens with two attached hydrogens (primary N) is 4. The maximum absolute atomic E-state index is 13.2. The van der Waals surface area contributed by atoms with Gasteiger partial charge in [0.05, 0.1) is 39.2 Å². The molecule has 2 aromatic rings. The van der Waals surface area contributed by atoms with Crippen molar-refractivity contribution in [2.45, 2.75) is 36.9 Å². The highest BCUT2D eigenvalue weighted by atomic mass is 35.5. The predicted molar refractivity (Wildman–Crippen MR) is 177 cm³/mol. The highest BCUT2D eigenvalue weighted by Gasteiger charge is 2.39. The molecule has 14 nitrogen and oxygen atoms in total. The summed E-state index contributed by atoms with van der Waals surface area (Å²) in [6.45, 7) is 0.986. The highest BCUT2D eigenvalue weighted by Crippen LogP contribution is 2.40. The van der Waals surface area contributed by atoms with Crippen LogP contribution in [0, 0.1) is 0 Å². The first-order valence-corrected chi connectivity index (χ1v) is 15.0. The fraction of sp³-hybridized carbons (Fsp3) is 0.448. The summed E-state index contributed by atoms with van der Waals surface area (Å²) >= 11 is 6.02. The molecule has 0 atom stereocenters. The van der Waals surface area contributed by atoms with Gasteiger partial charge in [0.2, 0.25) is 17.7 Å². The largest absolute Gasteiger partial charge is 0.573 e. The minimum atomic E-state index is -4.74. The molecular weight excluding hydrogens is 683 g/mol. The third kappa shape index (κ3) is 12.2. The molecule has 2 aliphatic rings. The van der Waals surface area contributed by atoms with Crippen LogP contribution in [0.25, 0.3) is 0 Å². The molecule has 2 aromatic carbocycles. The lowest BCUT2D eigenvalue weighted by molar-refractivity contribution is -0.274. The number of ether oxygens (including phenoxy) is 4. The molecule has 0 amide bonds. The van der Waals surface area contributed by atoms with Gasteiger partial charge >= 0.3 is 6.36 Å². The first kappa shape index (κ1) is 38.5. The molecule has 270 valence electrons. The van der Waals surface area contributed by atoms with Gasteiger partial charge < -0.3 is 51.7 Å². The molecule has 0 spiro atoms. The van der Waals surface area contributed by atoms with E-state index in [1.54, 1.807) is 12.1 Å². The van der Waals surface area contributed by atoms with Crippen LogP contribution >= 0.6 is 11.6 Å². The molecule has 49 heavy (non-hydrogen) atoms. The Bertz CT molecular complexity index is 1510. The number of hydrogen-bond acceptors (Lipinski definition) is 6. The number of benzene rings is 2. The number of methoxy groups -OCH3 is 3. The summed E-state index contributed by atoms with van der Waals surface area (Å²) < 4.78 is 82.1. The van der Waals surface area contributed by atoms with E-state index in [1.807, 2.05) is 4.90 Å². The number of rotatable bonds is 6. The van der Waals surface area contributed by atoms with Crippen molar-refractivity contribution < 1.29 is 40.9 Å². The zero-order valence-electron chi connectivity index (χ0n) is 26.9. The second kappa shape index (κ2) is 16.9. The van der Waals surface area contributed by atoms with Gasteiger partial charge in [-0.2, -0.15) is 9.98 Å². The lowest BCUT2D eigenvalue weighted by Gasteiger charge is -2.29. The van der Waals surface area contributed by atoms with Crippen LogP contribution in [0.1, 0.15) is 19.3 Å². The summed E-state index contributed by atoms with van der Waals surface area (Å²) in [6.07, 6.45) is -3.41. The smallest absolute Gasteiger partial charge is 0.493 e. The molecule has 2 heterocycles. The van der Waals surface area contributed by atoms with E-state index in [0.717, 1.165) is 25.0 Å². The summed E-state index contributed by atoms with van der Waals surface area (Å²) in [5, 5.41) is 0.137. The van der Waals surface area contributed by atoms with Crippen molar-refractivity contribution in [1.29, 1.82) is 0 Å². The van der Waals surface area contributed by atoms with Crippen molar-refractivity contribution in [1.82, 2.24) is 9.80 Å². The Labute approximate surface area is 284 Å². The molecule has 8 N–H and O–H groups in total. The monoisotopic (exact) mass is 720 g/mol. The normalized spacial score (nSPS) is 17.7. The van der Waals surface area contributed by atoms with E-state index in [1.165, 1.54) is 38.4 Å². The molecular formula is C29H38ClF5N10O4. The van der Waals surface area contributed by atoms with Crippen LogP contribution in [0.5, 0.6) is 23.0 Å². The molecule has 0 unspecified atom stereocenters. The van der Waals surface area contributed by atoms with Crippen molar-refractivity contribution in [2.75, 3.05) is 47.5 Å². The van der Waals surface area contributed by atoms with E-state index >= 15 is 0 Å². The van der Waals surface area contributed by atoms with E-state index < -0.39 is 18.8 Å². The van der Waals surface area contributed by atoms with Crippen molar-refractivity contribution in [3.05, 3.63) is 36.4 Å². The fourth-order valence-electron chi connectivity index (χ4n) is 4.55. The minimum absolute atomic E-state index is 0.0926. The van der Waals surface area contributed by atoms with Gasteiger partial charge in [-0.15, -0.1) is 24.8 Å². The number of halogens is 6. The third-order valence-corrected chi connectivity index (χ3v) is 7.34. The van der Waals surface area contributed by atoms with Crippen LogP contribution in [0.4, 0.5) is 33.3 Å². The molecule has 2 saturated heterocycles. The average Bonchev–Trinajstić information content (AvgIpc) is 3.40. The zero-order valence-corrected chi connectivity index (χ0v) is 27.6. The molecule has 0 saturated carbocycles. The van der Waals surface area contributed by atoms with Crippen molar-refractivity contribution in [3.63, 3.8) is 0 Å². The SMILES string of the molecule is COc1cc(N=C(N)N=C(N)N2CCC(F)(F)C2)cc(OC)c1OC.NC(=Nc1ccc(OC(F)(F)F)cc1)N=C(N)N1CCC(Cl)CC1. The van der Waals surface area contributed by atoms with Crippen molar-refractivity contribution >= 4 is 46.8 Å². The van der Waals surface area contributed by atoms with Gasteiger partial charge in [-0.3, -0.25) is 0 Å². The quantitative estimate of drug-likeness (QED) is 0.147. The number of hydrogen-bond donors (Lipinski definition) is 4. The number of alkyl halides is 6. The summed E-state index contributed by atoms with van der Waals surface area (Å²) in [5.74, 6) is -2.07. The standard InChI is InChI=1S/C15H21F2N5O3.C14H17ClF3N5O/c1-23-10-6-9(7-11(24-2)12(10)25-3)20-13(18)21-14(19)22-5-4-15(16,17)8-22;15-9-5-7-23(8-6-9)13(20)22-12(19)21-10-1-3-11(4-2-10)24-14(16,17)18/h6-7H,4-5,8H2,1-3H3,(H4,18,19,20,21);1-4,9H,5-8H2,(H4,19,20,21,22). The number of piperidine rings is 1. The Morgan fingerprint density at radius 2 is 1.31 bits per heavy atom. The summed E-state index contributed by atoms with van der Waals surface area (Å²) in [6, 6.07) is 8.08. The maximum atomic E-state index is 13.2. The molecule has 0 aliphatic carbocycles. The van der Waals surface area contributed by atoms with Crippen LogP contribution in [0.3, 0.4) is 0 Å². The Morgan fingerprint density at radius 1 is 0.796 bits per heavy atom. The Kier molecular flexibility index (Phi) is 13.3. The molecule has 4 rings (SSSR count). The van der Waals surface area contributed by atoms with Gasteiger partial charge in [0.1, 0.15) is 5.75 Å². The molecule has 2 aliphatic heterocycles. The van der Waals surface area contributed by atoms with Gasteiger partial charge in [-0.1, -0.05) is 0 Å². The predicted octanol–water partition coefficient (Wildman–Crippen LogP) is 3.86. The molecule has 0 aromatic heterocycles. The zero-order chi connectivity index (χ0) is 36.4. The second-order valence-electron chi connectivity index (χ2n) is 10.5. The van der Waals surface area contributed by atoms with Crippen LogP contribution in [0.15, 0.2) is 56.4 Å². The molecule has 0 bridgehead atoms. The number of guanidine groups is 4. The average molecular weight is 721 g/mol. The highest BCUT2D eigenvalue weighted by molar-refractivity contribution is 6.20. The Hall–Kier alpha value is -4.94. The van der Waals surface area contributed by atoms with Gasteiger partial charge in [0.25, 0.3) is 5.92 Å². The minimum Gasteiger partial charge on any atom is -0.493 e. The Morgan fingerprint density at radius 3 is 1.76 bits per heavy atom. The first-order valence-electron chi connectivity index (χ1n) is 14.6. The van der Waals surface area contributed by atoms with E-state index in [0.29, 0.717) is 41.7 Å². The van der Waals surface area contributed by atoms with Gasteiger partial charge in [-0.05, 0) is 37.1 Å². The van der Waals surface area contributed by atoms with E-state index in [2.05, 4.69) is 24.7 Å². The van der Waals surface area contributed by atoms with E-state index in [-0.39, 0.29) is 47.9 Å². The molecule has 20 heteroatoms. The topological polar surface area (TPSA) is 197 Å². The summed E-state index contributed by atoms with van der Waals surface area (Å²) in [7, 11) is 4.42. The van der Waals surface area contributed by atoms with Gasteiger partial charge in [-0.25, -0.2) is 18.8 Å². The van der Waals surface area contributed by atoms with E-state index in [4.69, 9.17) is 48.7 Å². The van der Waals surface area contributed by atoms with Crippen molar-refractivity contribution in [3.8, 4) is 23.0 Å². The van der Waals surface area contributed by atoms with Crippen LogP contribution < -0.4 is 41.9 Å².